The Morgan fingerprint density at radius 3 is 1.89 bits per heavy atom. The highest BCUT2D eigenvalue weighted by Crippen LogP contribution is 2.50. The van der Waals surface area contributed by atoms with Crippen molar-refractivity contribution in [3.05, 3.63) is 0 Å². The summed E-state index contributed by atoms with van der Waals surface area (Å²) in [6, 6.07) is 0. The molecule has 0 heterocycles. The van der Waals surface area contributed by atoms with Gasteiger partial charge in [-0.3, -0.25) is 18.9 Å². The molecule has 0 radical (unpaired) electrons. The van der Waals surface area contributed by atoms with E-state index in [9.17, 15) is 23.8 Å². The fourth-order valence-electron chi connectivity index (χ4n) is 1.59. The molecule has 0 aromatic rings. The Labute approximate surface area is 109 Å². The third-order valence-corrected chi connectivity index (χ3v) is 5.35. The van der Waals surface area contributed by atoms with Crippen molar-refractivity contribution in [3.8, 4) is 0 Å². The standard InChI is InChI=1S/C10H17O8P/c1-6(19(17,18)5-4-9(13)14)7(10(15)16)2-3-8(11)12/h6-7H,2-5H2,1H3,(H,11,12)(H,13,14)(H,15,16)(H,17,18). The van der Waals surface area contributed by atoms with Crippen LogP contribution in [0.1, 0.15) is 26.2 Å². The van der Waals surface area contributed by atoms with Crippen molar-refractivity contribution >= 4 is 25.3 Å². The maximum Gasteiger partial charge on any atom is 0.307 e. The van der Waals surface area contributed by atoms with Gasteiger partial charge in [-0.25, -0.2) is 0 Å². The first-order valence-electron chi connectivity index (χ1n) is 5.55. The molecule has 0 spiro atoms. The van der Waals surface area contributed by atoms with E-state index in [1.54, 1.807) is 0 Å². The molecule has 3 atom stereocenters. The first kappa shape index (κ1) is 17.6. The van der Waals surface area contributed by atoms with Gasteiger partial charge in [0.15, 0.2) is 0 Å². The highest BCUT2D eigenvalue weighted by Gasteiger charge is 2.37. The summed E-state index contributed by atoms with van der Waals surface area (Å²) in [5, 5.41) is 25.9. The van der Waals surface area contributed by atoms with Crippen LogP contribution in [0, 0.1) is 5.92 Å². The molecule has 0 aliphatic rings. The topological polar surface area (TPSA) is 149 Å². The van der Waals surface area contributed by atoms with Gasteiger partial charge < -0.3 is 20.2 Å². The highest BCUT2D eigenvalue weighted by molar-refractivity contribution is 7.58. The van der Waals surface area contributed by atoms with Gasteiger partial charge in [-0.05, 0) is 6.42 Å². The van der Waals surface area contributed by atoms with E-state index in [-0.39, 0.29) is 6.42 Å². The van der Waals surface area contributed by atoms with Crippen LogP contribution in [0.3, 0.4) is 0 Å². The molecule has 0 amide bonds. The van der Waals surface area contributed by atoms with Crippen molar-refractivity contribution in [1.82, 2.24) is 0 Å². The van der Waals surface area contributed by atoms with E-state index < -0.39 is 55.9 Å². The summed E-state index contributed by atoms with van der Waals surface area (Å²) in [6.07, 6.45) is -1.77. The minimum absolute atomic E-state index is 0.274. The van der Waals surface area contributed by atoms with Crippen LogP contribution in [-0.4, -0.2) is 49.9 Å². The predicted octanol–water partition coefficient (Wildman–Crippen LogP) is 0.686. The lowest BCUT2D eigenvalue weighted by atomic mass is 10.0. The molecular weight excluding hydrogens is 279 g/mol. The van der Waals surface area contributed by atoms with Crippen LogP contribution >= 0.6 is 7.37 Å². The van der Waals surface area contributed by atoms with E-state index in [2.05, 4.69) is 0 Å². The number of rotatable bonds is 9. The number of aliphatic carboxylic acids is 3. The van der Waals surface area contributed by atoms with Crippen molar-refractivity contribution in [2.45, 2.75) is 31.8 Å². The summed E-state index contributed by atoms with van der Waals surface area (Å²) in [6.45, 7) is 1.23. The Hall–Kier alpha value is -1.40. The fourth-order valence-corrected chi connectivity index (χ4v) is 3.35. The predicted molar refractivity (Wildman–Crippen MR) is 64.4 cm³/mol. The molecule has 0 aromatic carbocycles. The van der Waals surface area contributed by atoms with Gasteiger partial charge in [0.25, 0.3) is 0 Å². The lowest BCUT2D eigenvalue weighted by Crippen LogP contribution is -2.28. The second kappa shape index (κ2) is 7.25. The zero-order valence-corrected chi connectivity index (χ0v) is 11.2. The summed E-state index contributed by atoms with van der Waals surface area (Å²) in [4.78, 5) is 41.5. The van der Waals surface area contributed by atoms with Gasteiger partial charge in [0.05, 0.1) is 12.3 Å². The van der Waals surface area contributed by atoms with E-state index >= 15 is 0 Å². The number of carboxylic acid groups (broad SMARTS) is 3. The van der Waals surface area contributed by atoms with Crippen molar-refractivity contribution < 1.29 is 39.2 Å². The van der Waals surface area contributed by atoms with E-state index in [0.717, 1.165) is 0 Å². The zero-order chi connectivity index (χ0) is 15.2. The monoisotopic (exact) mass is 296 g/mol. The van der Waals surface area contributed by atoms with Gasteiger partial charge in [-0.2, -0.15) is 0 Å². The van der Waals surface area contributed by atoms with Crippen LogP contribution in [0.4, 0.5) is 0 Å². The molecule has 0 aliphatic carbocycles. The lowest BCUT2D eigenvalue weighted by molar-refractivity contribution is -0.143. The third-order valence-electron chi connectivity index (χ3n) is 2.85. The molecule has 0 fully saturated rings. The maximum atomic E-state index is 11.9. The number of hydrogen-bond acceptors (Lipinski definition) is 4. The summed E-state index contributed by atoms with van der Waals surface area (Å²) in [7, 11) is -3.96. The van der Waals surface area contributed by atoms with Gasteiger partial charge in [0, 0.05) is 18.2 Å². The largest absolute Gasteiger partial charge is 0.481 e. The Morgan fingerprint density at radius 2 is 1.53 bits per heavy atom. The molecule has 9 heteroatoms. The molecule has 0 rings (SSSR count). The molecule has 0 bridgehead atoms. The molecule has 8 nitrogen and oxygen atoms in total. The van der Waals surface area contributed by atoms with E-state index in [1.807, 2.05) is 0 Å². The van der Waals surface area contributed by atoms with Gasteiger partial charge in [0.2, 0.25) is 7.37 Å². The minimum Gasteiger partial charge on any atom is -0.481 e. The minimum atomic E-state index is -3.96. The fraction of sp³-hybridized carbons (Fsp3) is 0.700. The smallest absolute Gasteiger partial charge is 0.307 e. The molecule has 19 heavy (non-hydrogen) atoms. The average Bonchev–Trinajstić information content (AvgIpc) is 2.25. The molecule has 3 unspecified atom stereocenters. The number of hydrogen-bond donors (Lipinski definition) is 4. The third kappa shape index (κ3) is 6.35. The van der Waals surface area contributed by atoms with Crippen LogP contribution in [0.25, 0.3) is 0 Å². The van der Waals surface area contributed by atoms with Crippen LogP contribution in [0.2, 0.25) is 0 Å². The van der Waals surface area contributed by atoms with Crippen molar-refractivity contribution in [2.24, 2.45) is 5.92 Å². The molecule has 0 aromatic heterocycles. The molecule has 0 aliphatic heterocycles. The molecular formula is C10H17O8P. The van der Waals surface area contributed by atoms with Gasteiger partial charge in [-0.1, -0.05) is 6.92 Å². The van der Waals surface area contributed by atoms with Gasteiger partial charge >= 0.3 is 17.9 Å². The second-order valence-electron chi connectivity index (χ2n) is 4.24. The van der Waals surface area contributed by atoms with E-state index in [4.69, 9.17) is 15.3 Å². The highest BCUT2D eigenvalue weighted by atomic mass is 31.2. The van der Waals surface area contributed by atoms with Crippen molar-refractivity contribution in [2.75, 3.05) is 6.16 Å². The van der Waals surface area contributed by atoms with Crippen LogP contribution in [0.15, 0.2) is 0 Å². The molecule has 0 saturated carbocycles. The molecule has 4 N–H and O–H groups in total. The van der Waals surface area contributed by atoms with Gasteiger partial charge in [0.1, 0.15) is 0 Å². The SMILES string of the molecule is CC(C(CCC(=O)O)C(=O)O)P(=O)(O)CCC(=O)O. The van der Waals surface area contributed by atoms with E-state index in [0.29, 0.717) is 0 Å². The van der Waals surface area contributed by atoms with E-state index in [1.165, 1.54) is 6.92 Å². The average molecular weight is 296 g/mol. The Kier molecular flexibility index (Phi) is 6.72. The normalized spacial score (nSPS) is 17.2. The lowest BCUT2D eigenvalue weighted by Gasteiger charge is -2.24. The summed E-state index contributed by atoms with van der Waals surface area (Å²) in [5.41, 5.74) is -1.19. The summed E-state index contributed by atoms with van der Waals surface area (Å²) < 4.78 is 11.9. The summed E-state index contributed by atoms with van der Waals surface area (Å²) in [5.74, 6) is -5.10. The summed E-state index contributed by atoms with van der Waals surface area (Å²) >= 11 is 0. The Balaban J connectivity index is 4.82. The van der Waals surface area contributed by atoms with Crippen molar-refractivity contribution in [3.63, 3.8) is 0 Å². The van der Waals surface area contributed by atoms with Crippen molar-refractivity contribution in [1.29, 1.82) is 0 Å². The van der Waals surface area contributed by atoms with Crippen LogP contribution < -0.4 is 0 Å². The first-order chi connectivity index (χ1) is 8.58. The Bertz CT molecular complexity index is 404. The van der Waals surface area contributed by atoms with Gasteiger partial charge in [-0.15, -0.1) is 0 Å². The number of carbonyl (C=O) groups is 3. The quantitative estimate of drug-likeness (QED) is 0.454. The zero-order valence-electron chi connectivity index (χ0n) is 10.4. The molecule has 110 valence electrons. The first-order valence-corrected chi connectivity index (χ1v) is 7.47. The number of carboxylic acids is 3. The van der Waals surface area contributed by atoms with Crippen LogP contribution in [-0.2, 0) is 18.9 Å². The maximum absolute atomic E-state index is 11.9. The Morgan fingerprint density at radius 1 is 1.05 bits per heavy atom. The molecule has 0 saturated heterocycles. The second-order valence-corrected chi connectivity index (χ2v) is 7.01. The van der Waals surface area contributed by atoms with Crippen LogP contribution in [0.5, 0.6) is 0 Å².